The molecule has 0 aromatic carbocycles. The molecule has 0 radical (unpaired) electrons. The van der Waals surface area contributed by atoms with E-state index >= 15 is 0 Å². The number of aromatic nitrogens is 4. The average molecular weight is 210 g/mol. The largest absolute Gasteiger partial charge is 0.477 e. The number of hydrogen-bond donors (Lipinski definition) is 3. The number of nitrogens with one attached hydrogen (secondary N) is 2. The molecule has 2 aromatic rings. The molecule has 2 aromatic heterocycles. The molecule has 0 aliphatic rings. The second-order valence-corrected chi connectivity index (χ2v) is 2.92. The number of hydrogen-bond acceptors (Lipinski definition) is 3. The number of carbonyl (C=O) groups is 1. The van der Waals surface area contributed by atoms with Crippen molar-refractivity contribution < 1.29 is 9.90 Å². The van der Waals surface area contributed by atoms with E-state index in [0.29, 0.717) is 5.95 Å². The third-order valence-corrected chi connectivity index (χ3v) is 1.99. The molecule has 0 fully saturated rings. The van der Waals surface area contributed by atoms with Crippen molar-refractivity contribution in [3.05, 3.63) is 29.1 Å². The molecule has 0 atom stereocenters. The lowest BCUT2D eigenvalue weighted by Gasteiger charge is -1.99. The highest BCUT2D eigenvalue weighted by Crippen LogP contribution is 2.07. The fourth-order valence-electron chi connectivity index (χ4n) is 1.12. The van der Waals surface area contributed by atoms with Gasteiger partial charge in [-0.25, -0.2) is 14.3 Å². The Hall–Kier alpha value is -1.89. The minimum absolute atomic E-state index is 0.0463. The highest BCUT2D eigenvalue weighted by molar-refractivity contribution is 7.71. The van der Waals surface area contributed by atoms with Crippen LogP contribution in [0.5, 0.6) is 0 Å². The van der Waals surface area contributed by atoms with Crippen molar-refractivity contribution in [2.75, 3.05) is 0 Å². The van der Waals surface area contributed by atoms with Crippen LogP contribution in [0.3, 0.4) is 0 Å². The molecule has 2 rings (SSSR count). The molecule has 3 N–H and O–H groups in total. The van der Waals surface area contributed by atoms with E-state index in [4.69, 9.17) is 17.3 Å². The molecule has 0 amide bonds. The zero-order chi connectivity index (χ0) is 10.1. The molecule has 0 saturated carbocycles. The van der Waals surface area contributed by atoms with Crippen LogP contribution in [0, 0.1) is 4.77 Å². The van der Waals surface area contributed by atoms with Gasteiger partial charge < -0.3 is 15.1 Å². The van der Waals surface area contributed by atoms with Gasteiger partial charge in [0.25, 0.3) is 0 Å². The maximum Gasteiger partial charge on any atom is 0.354 e. The highest BCUT2D eigenvalue weighted by atomic mass is 32.1. The molecule has 72 valence electrons. The van der Waals surface area contributed by atoms with Crippen LogP contribution in [0.4, 0.5) is 0 Å². The van der Waals surface area contributed by atoms with Gasteiger partial charge in [-0.15, -0.1) is 0 Å². The van der Waals surface area contributed by atoms with E-state index in [9.17, 15) is 4.79 Å². The number of carboxylic acid groups (broad SMARTS) is 1. The predicted octanol–water partition coefficient (Wildman–Crippen LogP) is 0.956. The summed E-state index contributed by atoms with van der Waals surface area (Å²) in [4.78, 5) is 20.1. The zero-order valence-corrected chi connectivity index (χ0v) is 7.71. The van der Waals surface area contributed by atoms with E-state index in [1.54, 1.807) is 6.20 Å². The Morgan fingerprint density at radius 2 is 2.36 bits per heavy atom. The van der Waals surface area contributed by atoms with Crippen LogP contribution in [0.1, 0.15) is 10.5 Å². The Bertz CT molecular complexity index is 510. The van der Waals surface area contributed by atoms with E-state index in [-0.39, 0.29) is 10.5 Å². The minimum atomic E-state index is -1.06. The van der Waals surface area contributed by atoms with Crippen molar-refractivity contribution in [1.29, 1.82) is 0 Å². The second kappa shape index (κ2) is 3.11. The lowest BCUT2D eigenvalue weighted by molar-refractivity contribution is 0.0687. The van der Waals surface area contributed by atoms with Gasteiger partial charge in [-0.1, -0.05) is 0 Å². The van der Waals surface area contributed by atoms with Gasteiger partial charge in [-0.3, -0.25) is 0 Å². The lowest BCUT2D eigenvalue weighted by atomic mass is 10.5. The molecule has 7 heteroatoms. The average Bonchev–Trinajstić information content (AvgIpc) is 2.71. The van der Waals surface area contributed by atoms with Gasteiger partial charge in [-0.05, 0) is 12.2 Å². The molecule has 14 heavy (non-hydrogen) atoms. The lowest BCUT2D eigenvalue weighted by Crippen LogP contribution is -2.07. The molecular weight excluding hydrogens is 204 g/mol. The Morgan fingerprint density at radius 1 is 1.57 bits per heavy atom. The number of aromatic amines is 2. The summed E-state index contributed by atoms with van der Waals surface area (Å²) in [6, 6.07) is 0. The summed E-state index contributed by atoms with van der Waals surface area (Å²) in [6.45, 7) is 0. The Labute approximate surface area is 83.2 Å². The topological polar surface area (TPSA) is 86.7 Å². The van der Waals surface area contributed by atoms with E-state index in [2.05, 4.69) is 15.0 Å². The van der Waals surface area contributed by atoms with Crippen molar-refractivity contribution in [1.82, 2.24) is 19.5 Å². The van der Waals surface area contributed by atoms with Crippen molar-refractivity contribution in [3.63, 3.8) is 0 Å². The van der Waals surface area contributed by atoms with Gasteiger partial charge in [0.15, 0.2) is 10.5 Å². The SMILES string of the molecule is O=C(O)c1c[nH]c(=S)n1-c1ncc[nH]1. The van der Waals surface area contributed by atoms with Gasteiger partial charge in [0.2, 0.25) is 5.95 Å². The van der Waals surface area contributed by atoms with Crippen LogP contribution in [-0.2, 0) is 0 Å². The third kappa shape index (κ3) is 1.23. The van der Waals surface area contributed by atoms with E-state index < -0.39 is 5.97 Å². The summed E-state index contributed by atoms with van der Waals surface area (Å²) < 4.78 is 1.61. The Morgan fingerprint density at radius 3 is 2.93 bits per heavy atom. The first-order chi connectivity index (χ1) is 6.70. The van der Waals surface area contributed by atoms with Crippen LogP contribution in [0.25, 0.3) is 5.95 Å². The van der Waals surface area contributed by atoms with Crippen LogP contribution in [-0.4, -0.2) is 30.6 Å². The monoisotopic (exact) mass is 210 g/mol. The van der Waals surface area contributed by atoms with Crippen LogP contribution < -0.4 is 0 Å². The predicted molar refractivity (Wildman–Crippen MR) is 50.1 cm³/mol. The standard InChI is InChI=1S/C7H6N4O2S/c12-5(13)4-3-10-7(14)11(4)6-8-1-2-9-6/h1-3H,(H,8,9)(H,10,14)(H,12,13). The first-order valence-electron chi connectivity index (χ1n) is 3.73. The van der Waals surface area contributed by atoms with E-state index in [1.807, 2.05) is 0 Å². The number of aromatic carboxylic acids is 1. The summed E-state index contributed by atoms with van der Waals surface area (Å²) in [7, 11) is 0. The molecule has 0 saturated heterocycles. The van der Waals surface area contributed by atoms with Crippen molar-refractivity contribution in [2.24, 2.45) is 0 Å². The summed E-state index contributed by atoms with van der Waals surface area (Å²) >= 11 is 4.92. The maximum atomic E-state index is 10.8. The quantitative estimate of drug-likeness (QED) is 0.644. The Balaban J connectivity index is 2.68. The normalized spacial score (nSPS) is 10.3. The number of H-pyrrole nitrogens is 2. The molecule has 2 heterocycles. The van der Waals surface area contributed by atoms with Gasteiger partial charge in [0, 0.05) is 18.6 Å². The van der Waals surface area contributed by atoms with Crippen LogP contribution in [0.2, 0.25) is 0 Å². The number of nitrogens with zero attached hydrogens (tertiary/aromatic N) is 2. The molecule has 0 spiro atoms. The molecule has 0 bridgehead atoms. The zero-order valence-electron chi connectivity index (χ0n) is 6.89. The fraction of sp³-hybridized carbons (Fsp3) is 0. The molecule has 0 aliphatic heterocycles. The summed E-state index contributed by atoms with van der Waals surface area (Å²) in [5.74, 6) is -0.678. The minimum Gasteiger partial charge on any atom is -0.477 e. The fourth-order valence-corrected chi connectivity index (χ4v) is 1.36. The second-order valence-electron chi connectivity index (χ2n) is 2.53. The highest BCUT2D eigenvalue weighted by Gasteiger charge is 2.13. The Kier molecular flexibility index (Phi) is 1.93. The molecule has 0 aliphatic carbocycles. The number of imidazole rings is 2. The van der Waals surface area contributed by atoms with Gasteiger partial charge >= 0.3 is 5.97 Å². The summed E-state index contributed by atoms with van der Waals surface area (Å²) in [5, 5.41) is 8.85. The van der Waals surface area contributed by atoms with Gasteiger partial charge in [0.1, 0.15) is 0 Å². The number of carboxylic acids is 1. The van der Waals surface area contributed by atoms with Crippen molar-refractivity contribution >= 4 is 18.2 Å². The van der Waals surface area contributed by atoms with Crippen LogP contribution >= 0.6 is 12.2 Å². The first-order valence-corrected chi connectivity index (χ1v) is 4.14. The van der Waals surface area contributed by atoms with E-state index in [0.717, 1.165) is 0 Å². The van der Waals surface area contributed by atoms with Crippen molar-refractivity contribution in [3.8, 4) is 5.95 Å². The third-order valence-electron chi connectivity index (χ3n) is 1.69. The van der Waals surface area contributed by atoms with E-state index in [1.165, 1.54) is 17.0 Å². The smallest absolute Gasteiger partial charge is 0.354 e. The molecular formula is C7H6N4O2S. The van der Waals surface area contributed by atoms with Gasteiger partial charge in [0.05, 0.1) is 0 Å². The summed E-state index contributed by atoms with van der Waals surface area (Å²) in [6.07, 6.45) is 4.44. The molecule has 0 unspecified atom stereocenters. The van der Waals surface area contributed by atoms with Crippen LogP contribution in [0.15, 0.2) is 18.6 Å². The first kappa shape index (κ1) is 8.70. The maximum absolute atomic E-state index is 10.8. The van der Waals surface area contributed by atoms with Crippen molar-refractivity contribution in [2.45, 2.75) is 0 Å². The summed E-state index contributed by atoms with van der Waals surface area (Å²) in [5.41, 5.74) is 0.0463. The number of rotatable bonds is 2. The van der Waals surface area contributed by atoms with Gasteiger partial charge in [-0.2, -0.15) is 0 Å². The molecule has 6 nitrogen and oxygen atoms in total.